The van der Waals surface area contributed by atoms with Crippen molar-refractivity contribution in [3.63, 3.8) is 0 Å². The van der Waals surface area contributed by atoms with E-state index in [1.54, 1.807) is 30.3 Å². The van der Waals surface area contributed by atoms with Gasteiger partial charge in [-0.15, -0.1) is 0 Å². The second-order valence-corrected chi connectivity index (χ2v) is 4.70. The number of Topliss-reactive ketones (excluding diaryl/α,β-unsaturated/α-hetero) is 1. The predicted molar refractivity (Wildman–Crippen MR) is 75.8 cm³/mol. The molecule has 19 heavy (non-hydrogen) atoms. The van der Waals surface area contributed by atoms with Crippen LogP contribution >= 0.6 is 0 Å². The maximum atomic E-state index is 14.1. The minimum Gasteiger partial charge on any atom is -0.295 e. The molecule has 0 radical (unpaired) electrons. The Labute approximate surface area is 113 Å². The molecule has 0 amide bonds. The van der Waals surface area contributed by atoms with E-state index in [-0.39, 0.29) is 11.6 Å². The van der Waals surface area contributed by atoms with Crippen molar-refractivity contribution in [2.75, 3.05) is 0 Å². The van der Waals surface area contributed by atoms with E-state index in [4.69, 9.17) is 0 Å². The first-order valence-corrected chi connectivity index (χ1v) is 6.51. The van der Waals surface area contributed by atoms with Crippen LogP contribution in [0.15, 0.2) is 42.5 Å². The normalized spacial score (nSPS) is 10.5. The molecule has 0 fully saturated rings. The van der Waals surface area contributed by atoms with Gasteiger partial charge < -0.3 is 0 Å². The summed E-state index contributed by atoms with van der Waals surface area (Å²) in [6.07, 6.45) is 1.90. The van der Waals surface area contributed by atoms with Crippen LogP contribution in [0.4, 0.5) is 4.39 Å². The van der Waals surface area contributed by atoms with Crippen molar-refractivity contribution in [1.29, 1.82) is 0 Å². The molecule has 2 rings (SSSR count). The first-order chi connectivity index (χ1) is 9.11. The van der Waals surface area contributed by atoms with E-state index in [9.17, 15) is 9.18 Å². The van der Waals surface area contributed by atoms with E-state index in [0.29, 0.717) is 11.1 Å². The molecule has 2 heteroatoms. The van der Waals surface area contributed by atoms with Gasteiger partial charge in [-0.1, -0.05) is 49.7 Å². The maximum absolute atomic E-state index is 14.1. The minimum absolute atomic E-state index is 0.0188. The van der Waals surface area contributed by atoms with Crippen LogP contribution in [0.1, 0.15) is 36.2 Å². The molecule has 0 aliphatic rings. The molecule has 0 saturated heterocycles. The average molecular weight is 256 g/mol. The molecule has 0 aromatic heterocycles. The maximum Gasteiger partial charge on any atom is 0.159 e. The Balaban J connectivity index is 2.33. The van der Waals surface area contributed by atoms with E-state index in [2.05, 4.69) is 6.92 Å². The van der Waals surface area contributed by atoms with Crippen molar-refractivity contribution < 1.29 is 9.18 Å². The van der Waals surface area contributed by atoms with Gasteiger partial charge in [0.1, 0.15) is 5.82 Å². The Morgan fingerprint density at radius 1 is 1.11 bits per heavy atom. The van der Waals surface area contributed by atoms with Crippen LogP contribution in [0.5, 0.6) is 0 Å². The summed E-state index contributed by atoms with van der Waals surface area (Å²) in [7, 11) is 0. The van der Waals surface area contributed by atoms with Crippen LogP contribution in [-0.4, -0.2) is 5.78 Å². The van der Waals surface area contributed by atoms with Crippen LogP contribution < -0.4 is 0 Å². The van der Waals surface area contributed by atoms with Gasteiger partial charge >= 0.3 is 0 Å². The van der Waals surface area contributed by atoms with Crippen molar-refractivity contribution in [3.05, 3.63) is 59.4 Å². The zero-order chi connectivity index (χ0) is 13.8. The van der Waals surface area contributed by atoms with Crippen LogP contribution in [0, 0.1) is 5.82 Å². The third kappa shape index (κ3) is 3.08. The van der Waals surface area contributed by atoms with Crippen molar-refractivity contribution in [2.24, 2.45) is 0 Å². The van der Waals surface area contributed by atoms with E-state index in [1.807, 2.05) is 12.1 Å². The van der Waals surface area contributed by atoms with Gasteiger partial charge in [0.2, 0.25) is 0 Å². The Morgan fingerprint density at radius 3 is 2.32 bits per heavy atom. The Kier molecular flexibility index (Phi) is 4.10. The van der Waals surface area contributed by atoms with Crippen molar-refractivity contribution >= 4 is 5.78 Å². The fourth-order valence-corrected chi connectivity index (χ4v) is 2.12. The quantitative estimate of drug-likeness (QED) is 0.728. The number of benzene rings is 2. The van der Waals surface area contributed by atoms with E-state index >= 15 is 0 Å². The molecule has 0 unspecified atom stereocenters. The monoisotopic (exact) mass is 256 g/mol. The van der Waals surface area contributed by atoms with Gasteiger partial charge in [0.15, 0.2) is 5.78 Å². The topological polar surface area (TPSA) is 17.1 Å². The molecular formula is C17H17FO. The average Bonchev–Trinajstić information content (AvgIpc) is 2.39. The molecule has 0 spiro atoms. The number of ketones is 1. The van der Waals surface area contributed by atoms with Crippen molar-refractivity contribution in [3.8, 4) is 11.1 Å². The van der Waals surface area contributed by atoms with Crippen LogP contribution in [0.25, 0.3) is 11.1 Å². The number of rotatable bonds is 4. The lowest BCUT2D eigenvalue weighted by atomic mass is 10.00. The van der Waals surface area contributed by atoms with Gasteiger partial charge in [-0.3, -0.25) is 4.79 Å². The second-order valence-electron chi connectivity index (χ2n) is 4.70. The minimum atomic E-state index is -0.207. The summed E-state index contributed by atoms with van der Waals surface area (Å²) in [5, 5.41) is 0. The summed E-state index contributed by atoms with van der Waals surface area (Å²) >= 11 is 0. The van der Waals surface area contributed by atoms with E-state index in [1.165, 1.54) is 6.92 Å². The van der Waals surface area contributed by atoms with Gasteiger partial charge in [0.05, 0.1) is 0 Å². The highest BCUT2D eigenvalue weighted by Crippen LogP contribution is 2.24. The van der Waals surface area contributed by atoms with Gasteiger partial charge in [-0.25, -0.2) is 4.39 Å². The molecule has 0 saturated carbocycles. The molecule has 0 aliphatic carbocycles. The summed E-state index contributed by atoms with van der Waals surface area (Å²) in [5.41, 5.74) is 3.04. The smallest absolute Gasteiger partial charge is 0.159 e. The third-order valence-corrected chi connectivity index (χ3v) is 3.17. The lowest BCUT2D eigenvalue weighted by molar-refractivity contribution is 0.101. The number of hydrogen-bond donors (Lipinski definition) is 0. The third-order valence-electron chi connectivity index (χ3n) is 3.17. The summed E-state index contributed by atoms with van der Waals surface area (Å²) in [6.45, 7) is 3.60. The number of carbonyl (C=O) groups is 1. The summed E-state index contributed by atoms with van der Waals surface area (Å²) in [5.74, 6) is -0.188. The molecule has 1 nitrogen and oxygen atoms in total. The zero-order valence-electron chi connectivity index (χ0n) is 11.2. The molecule has 2 aromatic rings. The molecule has 0 aliphatic heterocycles. The zero-order valence-corrected chi connectivity index (χ0v) is 11.2. The van der Waals surface area contributed by atoms with Crippen LogP contribution in [-0.2, 0) is 6.42 Å². The molecule has 0 atom stereocenters. The standard InChI is InChI=1S/C17H17FO/c1-3-4-13-5-10-16(17(18)11-13)15-8-6-14(7-9-15)12(2)19/h5-11H,3-4H2,1-2H3. The Bertz CT molecular complexity index is 585. The summed E-state index contributed by atoms with van der Waals surface area (Å²) in [4.78, 5) is 11.2. The van der Waals surface area contributed by atoms with Gasteiger partial charge in [-0.2, -0.15) is 0 Å². The van der Waals surface area contributed by atoms with Gasteiger partial charge in [0, 0.05) is 11.1 Å². The number of halogens is 1. The van der Waals surface area contributed by atoms with E-state index in [0.717, 1.165) is 24.0 Å². The lowest BCUT2D eigenvalue weighted by Gasteiger charge is -2.06. The van der Waals surface area contributed by atoms with E-state index < -0.39 is 0 Å². The highest BCUT2D eigenvalue weighted by molar-refractivity contribution is 5.94. The fourth-order valence-electron chi connectivity index (χ4n) is 2.12. The number of hydrogen-bond acceptors (Lipinski definition) is 1. The molecule has 0 bridgehead atoms. The first kappa shape index (κ1) is 13.5. The number of aryl methyl sites for hydroxylation is 1. The highest BCUT2D eigenvalue weighted by Gasteiger charge is 2.07. The molecular weight excluding hydrogens is 239 g/mol. The SMILES string of the molecule is CCCc1ccc(-c2ccc(C(C)=O)cc2)c(F)c1. The molecule has 98 valence electrons. The van der Waals surface area contributed by atoms with Crippen molar-refractivity contribution in [1.82, 2.24) is 0 Å². The fraction of sp³-hybridized carbons (Fsp3) is 0.235. The second kappa shape index (κ2) is 5.79. The van der Waals surface area contributed by atoms with Crippen LogP contribution in [0.2, 0.25) is 0 Å². The molecule has 0 heterocycles. The molecule has 0 N–H and O–H groups in total. The summed E-state index contributed by atoms with van der Waals surface area (Å²) < 4.78 is 14.1. The Morgan fingerprint density at radius 2 is 1.79 bits per heavy atom. The first-order valence-electron chi connectivity index (χ1n) is 6.51. The van der Waals surface area contributed by atoms with Crippen molar-refractivity contribution in [2.45, 2.75) is 26.7 Å². The largest absolute Gasteiger partial charge is 0.295 e. The highest BCUT2D eigenvalue weighted by atomic mass is 19.1. The number of carbonyl (C=O) groups excluding carboxylic acids is 1. The Hall–Kier alpha value is -1.96. The van der Waals surface area contributed by atoms with Gasteiger partial charge in [0.25, 0.3) is 0 Å². The predicted octanol–water partition coefficient (Wildman–Crippen LogP) is 4.65. The van der Waals surface area contributed by atoms with Gasteiger partial charge in [-0.05, 0) is 30.5 Å². The molecule has 2 aromatic carbocycles. The lowest BCUT2D eigenvalue weighted by Crippen LogP contribution is -1.92. The van der Waals surface area contributed by atoms with Crippen LogP contribution in [0.3, 0.4) is 0 Å². The summed E-state index contributed by atoms with van der Waals surface area (Å²) in [6, 6.07) is 12.4.